The first-order valence-electron chi connectivity index (χ1n) is 6.88. The molecule has 4 heteroatoms. The Morgan fingerprint density at radius 3 is 2.79 bits per heavy atom. The number of nitrogens with two attached hydrogens (primary N) is 1. The summed E-state index contributed by atoms with van der Waals surface area (Å²) < 4.78 is 5.37. The molecule has 104 valence electrons. The van der Waals surface area contributed by atoms with Gasteiger partial charge in [-0.05, 0) is 30.0 Å². The summed E-state index contributed by atoms with van der Waals surface area (Å²) >= 11 is 0. The summed E-state index contributed by atoms with van der Waals surface area (Å²) in [6.45, 7) is 5.03. The number of carbonyl (C=O) groups is 1. The van der Waals surface area contributed by atoms with Crippen molar-refractivity contribution >= 4 is 11.6 Å². The molecule has 1 aliphatic heterocycles. The van der Waals surface area contributed by atoms with E-state index in [-0.39, 0.29) is 11.8 Å². The van der Waals surface area contributed by atoms with Gasteiger partial charge in [-0.1, -0.05) is 19.1 Å². The van der Waals surface area contributed by atoms with Crippen LogP contribution in [0.4, 0.5) is 5.69 Å². The van der Waals surface area contributed by atoms with Gasteiger partial charge in [0.25, 0.3) is 0 Å². The first-order valence-corrected chi connectivity index (χ1v) is 6.88. The Morgan fingerprint density at radius 1 is 1.32 bits per heavy atom. The molecule has 0 aliphatic carbocycles. The van der Waals surface area contributed by atoms with E-state index in [1.54, 1.807) is 0 Å². The average Bonchev–Trinajstić information content (AvgIpc) is 2.68. The quantitative estimate of drug-likeness (QED) is 0.848. The molecule has 0 aromatic heterocycles. The zero-order valence-corrected chi connectivity index (χ0v) is 11.5. The van der Waals surface area contributed by atoms with Gasteiger partial charge in [0.1, 0.15) is 0 Å². The number of benzene rings is 1. The molecule has 1 amide bonds. The van der Waals surface area contributed by atoms with Gasteiger partial charge in [-0.25, -0.2) is 0 Å². The Balaban J connectivity index is 1.92. The maximum atomic E-state index is 12.2. The van der Waals surface area contributed by atoms with E-state index in [0.717, 1.165) is 30.8 Å². The monoisotopic (exact) mass is 262 g/mol. The van der Waals surface area contributed by atoms with Crippen LogP contribution in [0.3, 0.4) is 0 Å². The molecule has 1 aromatic rings. The van der Waals surface area contributed by atoms with Gasteiger partial charge in [0.05, 0.1) is 6.61 Å². The fourth-order valence-electron chi connectivity index (χ4n) is 2.33. The van der Waals surface area contributed by atoms with E-state index < -0.39 is 0 Å². The van der Waals surface area contributed by atoms with Crippen LogP contribution < -0.4 is 5.73 Å². The smallest absolute Gasteiger partial charge is 0.223 e. The third-order valence-corrected chi connectivity index (χ3v) is 3.56. The van der Waals surface area contributed by atoms with Gasteiger partial charge in [0.2, 0.25) is 5.91 Å². The van der Waals surface area contributed by atoms with E-state index in [1.807, 2.05) is 29.2 Å². The lowest BCUT2D eigenvalue weighted by molar-refractivity contribution is -0.131. The minimum Gasteiger partial charge on any atom is -0.399 e. The zero-order chi connectivity index (χ0) is 13.7. The highest BCUT2D eigenvalue weighted by atomic mass is 16.5. The Hall–Kier alpha value is -1.55. The lowest BCUT2D eigenvalue weighted by Crippen LogP contribution is -2.33. The maximum absolute atomic E-state index is 12.2. The topological polar surface area (TPSA) is 55.6 Å². The first-order chi connectivity index (χ1) is 9.16. The van der Waals surface area contributed by atoms with Crippen LogP contribution in [0.5, 0.6) is 0 Å². The van der Waals surface area contributed by atoms with Gasteiger partial charge >= 0.3 is 0 Å². The standard InChI is InChI=1S/C15H22N2O2/c1-12(13-3-5-14(16)6-4-13)11-15(18)17-7-2-9-19-10-8-17/h3-6,12H,2,7-11,16H2,1H3. The molecular formula is C15H22N2O2. The van der Waals surface area contributed by atoms with Crippen molar-refractivity contribution in [1.82, 2.24) is 4.90 Å². The highest BCUT2D eigenvalue weighted by Crippen LogP contribution is 2.21. The highest BCUT2D eigenvalue weighted by molar-refractivity contribution is 5.77. The summed E-state index contributed by atoms with van der Waals surface area (Å²) in [5, 5.41) is 0. The molecular weight excluding hydrogens is 240 g/mol. The summed E-state index contributed by atoms with van der Waals surface area (Å²) in [4.78, 5) is 14.2. The van der Waals surface area contributed by atoms with Crippen LogP contribution in [0, 0.1) is 0 Å². The second-order valence-corrected chi connectivity index (χ2v) is 5.12. The normalized spacial score (nSPS) is 17.8. The van der Waals surface area contributed by atoms with Crippen molar-refractivity contribution in [1.29, 1.82) is 0 Å². The molecule has 4 nitrogen and oxygen atoms in total. The number of amides is 1. The second kappa shape index (κ2) is 6.57. The Kier molecular flexibility index (Phi) is 4.80. The van der Waals surface area contributed by atoms with Crippen molar-refractivity contribution in [3.05, 3.63) is 29.8 Å². The van der Waals surface area contributed by atoms with E-state index in [0.29, 0.717) is 19.6 Å². The summed E-state index contributed by atoms with van der Waals surface area (Å²) in [5.41, 5.74) is 7.59. The van der Waals surface area contributed by atoms with E-state index >= 15 is 0 Å². The first kappa shape index (κ1) is 13.9. The molecule has 0 saturated carbocycles. The maximum Gasteiger partial charge on any atom is 0.223 e. The fraction of sp³-hybridized carbons (Fsp3) is 0.533. The lowest BCUT2D eigenvalue weighted by Gasteiger charge is -2.22. The third kappa shape index (κ3) is 3.96. The Bertz CT molecular complexity index is 409. The van der Waals surface area contributed by atoms with Gasteiger partial charge in [0.15, 0.2) is 0 Å². The molecule has 1 aromatic carbocycles. The molecule has 1 aliphatic rings. The molecule has 0 radical (unpaired) electrons. The number of nitrogen functional groups attached to an aromatic ring is 1. The van der Waals surface area contributed by atoms with Gasteiger partial charge in [-0.2, -0.15) is 0 Å². The Labute approximate surface area is 114 Å². The van der Waals surface area contributed by atoms with Crippen LogP contribution in [0.2, 0.25) is 0 Å². The second-order valence-electron chi connectivity index (χ2n) is 5.12. The predicted octanol–water partition coefficient (Wildman–Crippen LogP) is 2.01. The van der Waals surface area contributed by atoms with Crippen LogP contribution in [-0.2, 0) is 9.53 Å². The van der Waals surface area contributed by atoms with Crippen molar-refractivity contribution in [2.24, 2.45) is 0 Å². The fourth-order valence-corrected chi connectivity index (χ4v) is 2.33. The largest absolute Gasteiger partial charge is 0.399 e. The third-order valence-electron chi connectivity index (χ3n) is 3.56. The molecule has 0 bridgehead atoms. The summed E-state index contributed by atoms with van der Waals surface area (Å²) in [5.74, 6) is 0.437. The molecule has 2 rings (SSSR count). The van der Waals surface area contributed by atoms with Gasteiger partial charge < -0.3 is 15.4 Å². The van der Waals surface area contributed by atoms with Crippen molar-refractivity contribution in [3.63, 3.8) is 0 Å². The van der Waals surface area contributed by atoms with Crippen molar-refractivity contribution in [3.8, 4) is 0 Å². The van der Waals surface area contributed by atoms with Gasteiger partial charge in [-0.15, -0.1) is 0 Å². The van der Waals surface area contributed by atoms with E-state index in [9.17, 15) is 4.79 Å². The van der Waals surface area contributed by atoms with Crippen molar-refractivity contribution in [2.45, 2.75) is 25.7 Å². The molecule has 1 saturated heterocycles. The number of anilines is 1. The van der Waals surface area contributed by atoms with Crippen LogP contribution in [0.1, 0.15) is 31.2 Å². The minimum absolute atomic E-state index is 0.217. The number of hydrogen-bond acceptors (Lipinski definition) is 3. The molecule has 0 spiro atoms. The molecule has 1 atom stereocenters. The lowest BCUT2D eigenvalue weighted by atomic mass is 9.97. The average molecular weight is 262 g/mol. The summed E-state index contributed by atoms with van der Waals surface area (Å²) in [7, 11) is 0. The van der Waals surface area contributed by atoms with Crippen LogP contribution in [0.25, 0.3) is 0 Å². The number of ether oxygens (including phenoxy) is 1. The van der Waals surface area contributed by atoms with E-state index in [2.05, 4.69) is 6.92 Å². The molecule has 1 fully saturated rings. The van der Waals surface area contributed by atoms with Crippen LogP contribution in [0.15, 0.2) is 24.3 Å². The van der Waals surface area contributed by atoms with Crippen molar-refractivity contribution in [2.75, 3.05) is 32.0 Å². The van der Waals surface area contributed by atoms with Crippen LogP contribution >= 0.6 is 0 Å². The minimum atomic E-state index is 0.217. The van der Waals surface area contributed by atoms with Crippen molar-refractivity contribution < 1.29 is 9.53 Å². The molecule has 2 N–H and O–H groups in total. The molecule has 19 heavy (non-hydrogen) atoms. The summed E-state index contributed by atoms with van der Waals surface area (Å²) in [6.07, 6.45) is 1.48. The zero-order valence-electron chi connectivity index (χ0n) is 11.5. The number of hydrogen-bond donors (Lipinski definition) is 1. The highest BCUT2D eigenvalue weighted by Gasteiger charge is 2.18. The Morgan fingerprint density at radius 2 is 2.05 bits per heavy atom. The summed E-state index contributed by atoms with van der Waals surface area (Å²) in [6, 6.07) is 7.77. The number of nitrogens with zero attached hydrogens (tertiary/aromatic N) is 1. The van der Waals surface area contributed by atoms with Gasteiger partial charge in [0, 0.05) is 31.8 Å². The molecule has 1 heterocycles. The number of rotatable bonds is 3. The van der Waals surface area contributed by atoms with E-state index in [1.165, 1.54) is 0 Å². The SMILES string of the molecule is CC(CC(=O)N1CCCOCC1)c1ccc(N)cc1. The van der Waals surface area contributed by atoms with Gasteiger partial charge in [-0.3, -0.25) is 4.79 Å². The van der Waals surface area contributed by atoms with Crippen LogP contribution in [-0.4, -0.2) is 37.1 Å². The number of carbonyl (C=O) groups excluding carboxylic acids is 1. The van der Waals surface area contributed by atoms with E-state index in [4.69, 9.17) is 10.5 Å². The molecule has 1 unspecified atom stereocenters. The predicted molar refractivity (Wildman–Crippen MR) is 75.9 cm³/mol.